The molecule has 0 saturated carbocycles. The highest BCUT2D eigenvalue weighted by Crippen LogP contribution is 2.30. The first-order valence-corrected chi connectivity index (χ1v) is 6.56. The van der Waals surface area contributed by atoms with Crippen LogP contribution in [0.5, 0.6) is 0 Å². The average molecular weight is 265 g/mol. The van der Waals surface area contributed by atoms with Crippen molar-refractivity contribution in [2.75, 3.05) is 17.7 Å². The number of nitrogens with zero attached hydrogens (tertiary/aromatic N) is 1. The van der Waals surface area contributed by atoms with Gasteiger partial charge in [0, 0.05) is 0 Å². The quantitative estimate of drug-likeness (QED) is 0.655. The molecule has 0 bridgehead atoms. The summed E-state index contributed by atoms with van der Waals surface area (Å²) in [5.41, 5.74) is 9.79. The summed E-state index contributed by atoms with van der Waals surface area (Å²) in [6.07, 6.45) is 0. The number of carbonyl (C=O) groups excluding carboxylic acids is 1. The van der Waals surface area contributed by atoms with Crippen LogP contribution in [0.3, 0.4) is 0 Å². The van der Waals surface area contributed by atoms with Crippen molar-refractivity contribution in [2.24, 2.45) is 0 Å². The smallest absolute Gasteiger partial charge is 0.328 e. The fraction of sp³-hybridized carbons (Fsp3) is 0.333. The molecule has 0 spiro atoms. The van der Waals surface area contributed by atoms with Gasteiger partial charge in [0.15, 0.2) is 0 Å². The number of fused-ring (bicyclic) bond motifs is 1. The zero-order valence-electron chi connectivity index (χ0n) is 10.3. The molecule has 1 aromatic heterocycles. The van der Waals surface area contributed by atoms with Crippen LogP contribution in [0.15, 0.2) is 17.6 Å². The van der Waals surface area contributed by atoms with Crippen LogP contribution in [0.4, 0.5) is 11.4 Å². The predicted molar refractivity (Wildman–Crippen MR) is 73.8 cm³/mol. The number of aromatic nitrogens is 1. The number of ether oxygens (including phenoxy) is 1. The summed E-state index contributed by atoms with van der Waals surface area (Å²) in [5.74, 6) is -0.296. The molecule has 1 heterocycles. The van der Waals surface area contributed by atoms with Gasteiger partial charge >= 0.3 is 5.97 Å². The lowest BCUT2D eigenvalue weighted by molar-refractivity contribution is -0.143. The van der Waals surface area contributed by atoms with E-state index in [1.54, 1.807) is 19.4 Å². The van der Waals surface area contributed by atoms with Gasteiger partial charge in [-0.3, -0.25) is 0 Å². The minimum absolute atomic E-state index is 0.296. The number of benzene rings is 1. The Bertz CT molecular complexity index is 567. The molecule has 6 heteroatoms. The first-order chi connectivity index (χ1) is 8.63. The molecule has 0 aliphatic rings. The van der Waals surface area contributed by atoms with Crippen LogP contribution in [-0.2, 0) is 9.53 Å². The Morgan fingerprint density at radius 3 is 3.11 bits per heavy atom. The molecule has 2 rings (SSSR count). The fourth-order valence-corrected chi connectivity index (χ4v) is 2.33. The van der Waals surface area contributed by atoms with Crippen molar-refractivity contribution < 1.29 is 9.53 Å². The van der Waals surface area contributed by atoms with Crippen molar-refractivity contribution >= 4 is 38.9 Å². The second-order valence-corrected chi connectivity index (χ2v) is 4.73. The molecule has 0 saturated heterocycles. The summed E-state index contributed by atoms with van der Waals surface area (Å²) in [4.78, 5) is 15.7. The van der Waals surface area contributed by atoms with Crippen molar-refractivity contribution in [3.63, 3.8) is 0 Å². The Morgan fingerprint density at radius 2 is 2.39 bits per heavy atom. The summed E-state index contributed by atoms with van der Waals surface area (Å²) >= 11 is 1.53. The zero-order valence-corrected chi connectivity index (χ0v) is 11.1. The third kappa shape index (κ3) is 2.38. The molecule has 1 unspecified atom stereocenters. The highest BCUT2D eigenvalue weighted by Gasteiger charge is 2.15. The van der Waals surface area contributed by atoms with Gasteiger partial charge in [0.05, 0.1) is 28.2 Å². The molecular weight excluding hydrogens is 250 g/mol. The Morgan fingerprint density at radius 1 is 1.61 bits per heavy atom. The number of nitrogen functional groups attached to an aromatic ring is 1. The molecule has 0 aliphatic heterocycles. The third-order valence-electron chi connectivity index (χ3n) is 2.55. The van der Waals surface area contributed by atoms with E-state index in [2.05, 4.69) is 10.3 Å². The lowest BCUT2D eigenvalue weighted by atomic mass is 10.2. The number of hydrogen-bond acceptors (Lipinski definition) is 6. The maximum absolute atomic E-state index is 11.5. The maximum Gasteiger partial charge on any atom is 0.328 e. The Balaban J connectivity index is 2.21. The van der Waals surface area contributed by atoms with Crippen LogP contribution in [0.25, 0.3) is 10.2 Å². The first-order valence-electron chi connectivity index (χ1n) is 5.68. The van der Waals surface area contributed by atoms with Crippen LogP contribution in [0.2, 0.25) is 0 Å². The van der Waals surface area contributed by atoms with Crippen LogP contribution in [-0.4, -0.2) is 23.6 Å². The van der Waals surface area contributed by atoms with E-state index in [4.69, 9.17) is 10.5 Å². The van der Waals surface area contributed by atoms with Crippen molar-refractivity contribution in [1.82, 2.24) is 4.98 Å². The number of rotatable bonds is 4. The Hall–Kier alpha value is -1.82. The van der Waals surface area contributed by atoms with Crippen LogP contribution < -0.4 is 11.1 Å². The second kappa shape index (κ2) is 5.22. The van der Waals surface area contributed by atoms with Gasteiger partial charge in [-0.25, -0.2) is 9.78 Å². The van der Waals surface area contributed by atoms with E-state index in [0.717, 1.165) is 10.2 Å². The lowest BCUT2D eigenvalue weighted by Gasteiger charge is -2.15. The molecule has 0 radical (unpaired) electrons. The highest BCUT2D eigenvalue weighted by molar-refractivity contribution is 7.16. The standard InChI is InChI=1S/C12H15N3O2S/c1-3-17-12(16)7(2)15-8-4-5-9-11(10(8)13)14-6-18-9/h4-7,15H,3,13H2,1-2H3. The highest BCUT2D eigenvalue weighted by atomic mass is 32.1. The summed E-state index contributed by atoms with van der Waals surface area (Å²) in [6, 6.07) is 3.35. The summed E-state index contributed by atoms with van der Waals surface area (Å²) in [7, 11) is 0. The van der Waals surface area contributed by atoms with E-state index >= 15 is 0 Å². The van der Waals surface area contributed by atoms with Gasteiger partial charge < -0.3 is 15.8 Å². The van der Waals surface area contributed by atoms with Crippen LogP contribution in [0.1, 0.15) is 13.8 Å². The number of thiazole rings is 1. The van der Waals surface area contributed by atoms with Gasteiger partial charge in [0.25, 0.3) is 0 Å². The Labute approximate surface area is 109 Å². The van der Waals surface area contributed by atoms with Crippen molar-refractivity contribution in [2.45, 2.75) is 19.9 Å². The van der Waals surface area contributed by atoms with E-state index in [1.165, 1.54) is 11.3 Å². The molecule has 96 valence electrons. The van der Waals surface area contributed by atoms with E-state index in [-0.39, 0.29) is 5.97 Å². The number of esters is 1. The minimum Gasteiger partial charge on any atom is -0.464 e. The summed E-state index contributed by atoms with van der Waals surface area (Å²) in [5, 5.41) is 3.04. The van der Waals surface area contributed by atoms with Gasteiger partial charge in [0.2, 0.25) is 0 Å². The van der Waals surface area contributed by atoms with E-state index < -0.39 is 6.04 Å². The van der Waals surface area contributed by atoms with Gasteiger partial charge in [-0.15, -0.1) is 11.3 Å². The molecular formula is C12H15N3O2S. The fourth-order valence-electron chi connectivity index (χ4n) is 1.64. The molecule has 0 fully saturated rings. The van der Waals surface area contributed by atoms with Crippen molar-refractivity contribution in [3.8, 4) is 0 Å². The molecule has 2 aromatic rings. The molecule has 0 aliphatic carbocycles. The maximum atomic E-state index is 11.5. The molecule has 5 nitrogen and oxygen atoms in total. The van der Waals surface area contributed by atoms with Gasteiger partial charge in [-0.2, -0.15) is 0 Å². The SMILES string of the molecule is CCOC(=O)C(C)Nc1ccc2scnc2c1N. The minimum atomic E-state index is -0.441. The molecule has 0 amide bonds. The normalized spacial score (nSPS) is 12.3. The molecule has 1 atom stereocenters. The topological polar surface area (TPSA) is 77.2 Å². The molecule has 1 aromatic carbocycles. The third-order valence-corrected chi connectivity index (χ3v) is 3.35. The second-order valence-electron chi connectivity index (χ2n) is 3.84. The number of hydrogen-bond donors (Lipinski definition) is 2. The molecule has 18 heavy (non-hydrogen) atoms. The lowest BCUT2D eigenvalue weighted by Crippen LogP contribution is -2.28. The number of nitrogens with one attached hydrogen (secondary N) is 1. The van der Waals surface area contributed by atoms with Crippen LogP contribution in [0, 0.1) is 0 Å². The monoisotopic (exact) mass is 265 g/mol. The van der Waals surface area contributed by atoms with Gasteiger partial charge in [0.1, 0.15) is 11.6 Å². The number of carbonyl (C=O) groups is 1. The number of nitrogens with two attached hydrogens (primary N) is 1. The Kier molecular flexibility index (Phi) is 3.66. The van der Waals surface area contributed by atoms with E-state index in [0.29, 0.717) is 18.0 Å². The largest absolute Gasteiger partial charge is 0.464 e. The first kappa shape index (κ1) is 12.6. The van der Waals surface area contributed by atoms with Gasteiger partial charge in [-0.1, -0.05) is 0 Å². The van der Waals surface area contributed by atoms with Crippen molar-refractivity contribution in [1.29, 1.82) is 0 Å². The zero-order chi connectivity index (χ0) is 13.1. The predicted octanol–water partition coefficient (Wildman–Crippen LogP) is 2.24. The average Bonchev–Trinajstić information content (AvgIpc) is 2.82. The van der Waals surface area contributed by atoms with E-state index in [1.807, 2.05) is 12.1 Å². The summed E-state index contributed by atoms with van der Waals surface area (Å²) in [6.45, 7) is 3.88. The van der Waals surface area contributed by atoms with Crippen molar-refractivity contribution in [3.05, 3.63) is 17.6 Å². The van der Waals surface area contributed by atoms with E-state index in [9.17, 15) is 4.79 Å². The number of anilines is 2. The molecule has 3 N–H and O–H groups in total. The van der Waals surface area contributed by atoms with Crippen LogP contribution >= 0.6 is 11.3 Å². The van der Waals surface area contributed by atoms with Gasteiger partial charge in [-0.05, 0) is 26.0 Å². The summed E-state index contributed by atoms with van der Waals surface area (Å²) < 4.78 is 5.96.